The second kappa shape index (κ2) is 6.90. The maximum absolute atomic E-state index is 13.0. The SMILES string of the molecule is Cc1ccc(NC(=O)C(C)c2ccc3c(c2)OCCO3)cc1C(F)(F)F. The molecule has 0 aliphatic carbocycles. The first-order valence-corrected chi connectivity index (χ1v) is 8.14. The topological polar surface area (TPSA) is 47.6 Å². The Bertz CT molecular complexity index is 833. The van der Waals surface area contributed by atoms with Crippen LogP contribution in [0.25, 0.3) is 0 Å². The number of amides is 1. The highest BCUT2D eigenvalue weighted by atomic mass is 19.4. The van der Waals surface area contributed by atoms with Crippen LogP contribution in [0.2, 0.25) is 0 Å². The lowest BCUT2D eigenvalue weighted by Crippen LogP contribution is -2.20. The second-order valence-corrected chi connectivity index (χ2v) is 6.14. The molecule has 1 aliphatic heterocycles. The van der Waals surface area contributed by atoms with Crippen LogP contribution in [0.15, 0.2) is 36.4 Å². The van der Waals surface area contributed by atoms with Gasteiger partial charge in [-0.3, -0.25) is 4.79 Å². The minimum atomic E-state index is -4.47. The van der Waals surface area contributed by atoms with Gasteiger partial charge in [-0.15, -0.1) is 0 Å². The van der Waals surface area contributed by atoms with Gasteiger partial charge in [0.15, 0.2) is 11.5 Å². The van der Waals surface area contributed by atoms with Crippen LogP contribution in [0.4, 0.5) is 18.9 Å². The van der Waals surface area contributed by atoms with Gasteiger partial charge in [-0.05, 0) is 49.2 Å². The molecule has 138 valence electrons. The number of aryl methyl sites for hydroxylation is 1. The van der Waals surface area contributed by atoms with Crippen LogP contribution < -0.4 is 14.8 Å². The van der Waals surface area contributed by atoms with Crippen LogP contribution in [0.3, 0.4) is 0 Å². The average molecular weight is 365 g/mol. The number of rotatable bonds is 3. The molecule has 4 nitrogen and oxygen atoms in total. The minimum absolute atomic E-state index is 0.107. The first-order chi connectivity index (χ1) is 12.3. The summed E-state index contributed by atoms with van der Waals surface area (Å²) in [5.74, 6) is 0.198. The van der Waals surface area contributed by atoms with Crippen LogP contribution in [-0.4, -0.2) is 19.1 Å². The second-order valence-electron chi connectivity index (χ2n) is 6.14. The lowest BCUT2D eigenvalue weighted by molar-refractivity contribution is -0.138. The van der Waals surface area contributed by atoms with Crippen molar-refractivity contribution in [3.05, 3.63) is 53.1 Å². The largest absolute Gasteiger partial charge is 0.486 e. The van der Waals surface area contributed by atoms with Gasteiger partial charge in [-0.25, -0.2) is 0 Å². The summed E-state index contributed by atoms with van der Waals surface area (Å²) < 4.78 is 50.0. The van der Waals surface area contributed by atoms with Crippen molar-refractivity contribution in [1.29, 1.82) is 0 Å². The fourth-order valence-electron chi connectivity index (χ4n) is 2.74. The molecule has 7 heteroatoms. The van der Waals surface area contributed by atoms with Gasteiger partial charge in [-0.2, -0.15) is 13.2 Å². The number of anilines is 1. The van der Waals surface area contributed by atoms with E-state index in [0.29, 0.717) is 30.3 Å². The zero-order valence-corrected chi connectivity index (χ0v) is 14.3. The molecule has 1 unspecified atom stereocenters. The van der Waals surface area contributed by atoms with E-state index < -0.39 is 23.6 Å². The number of alkyl halides is 3. The molecule has 1 heterocycles. The molecular formula is C19H18F3NO3. The Labute approximate surface area is 148 Å². The summed E-state index contributed by atoms with van der Waals surface area (Å²) in [6, 6.07) is 8.93. The monoisotopic (exact) mass is 365 g/mol. The van der Waals surface area contributed by atoms with E-state index in [9.17, 15) is 18.0 Å². The van der Waals surface area contributed by atoms with Crippen LogP contribution in [0, 0.1) is 6.92 Å². The van der Waals surface area contributed by atoms with Crippen LogP contribution in [0.5, 0.6) is 11.5 Å². The minimum Gasteiger partial charge on any atom is -0.486 e. The third kappa shape index (κ3) is 3.76. The lowest BCUT2D eigenvalue weighted by atomic mass is 9.99. The van der Waals surface area contributed by atoms with Crippen molar-refractivity contribution in [2.45, 2.75) is 25.9 Å². The van der Waals surface area contributed by atoms with Crippen LogP contribution >= 0.6 is 0 Å². The smallest absolute Gasteiger partial charge is 0.416 e. The van der Waals surface area contributed by atoms with Crippen LogP contribution in [-0.2, 0) is 11.0 Å². The van der Waals surface area contributed by atoms with E-state index in [0.717, 1.165) is 6.07 Å². The van der Waals surface area contributed by atoms with Gasteiger partial charge >= 0.3 is 6.18 Å². The highest BCUT2D eigenvalue weighted by Gasteiger charge is 2.32. The Hall–Kier alpha value is -2.70. The average Bonchev–Trinajstić information content (AvgIpc) is 2.61. The molecule has 2 aromatic carbocycles. The van der Waals surface area contributed by atoms with Crippen molar-refractivity contribution in [3.8, 4) is 11.5 Å². The van der Waals surface area contributed by atoms with E-state index >= 15 is 0 Å². The summed E-state index contributed by atoms with van der Waals surface area (Å²) in [4.78, 5) is 12.5. The van der Waals surface area contributed by atoms with Crippen molar-refractivity contribution < 1.29 is 27.4 Å². The Morgan fingerprint density at radius 1 is 1.08 bits per heavy atom. The van der Waals surface area contributed by atoms with Gasteiger partial charge in [-0.1, -0.05) is 12.1 Å². The molecule has 1 N–H and O–H groups in total. The van der Waals surface area contributed by atoms with Crippen molar-refractivity contribution in [3.63, 3.8) is 0 Å². The molecule has 0 bridgehead atoms. The van der Waals surface area contributed by atoms with E-state index in [1.54, 1.807) is 25.1 Å². The number of hydrogen-bond acceptors (Lipinski definition) is 3. The molecule has 0 saturated heterocycles. The molecule has 1 amide bonds. The summed E-state index contributed by atoms with van der Waals surface area (Å²) in [7, 11) is 0. The van der Waals surface area contributed by atoms with Gasteiger partial charge in [0.05, 0.1) is 11.5 Å². The molecule has 0 fully saturated rings. The quantitative estimate of drug-likeness (QED) is 0.870. The van der Waals surface area contributed by atoms with Gasteiger partial charge in [0.25, 0.3) is 0 Å². The summed E-state index contributed by atoms with van der Waals surface area (Å²) in [6.07, 6.45) is -4.47. The van der Waals surface area contributed by atoms with E-state index in [1.807, 2.05) is 0 Å². The Morgan fingerprint density at radius 3 is 2.46 bits per heavy atom. The van der Waals surface area contributed by atoms with Crippen LogP contribution in [0.1, 0.15) is 29.5 Å². The fourth-order valence-corrected chi connectivity index (χ4v) is 2.74. The maximum Gasteiger partial charge on any atom is 0.416 e. The summed E-state index contributed by atoms with van der Waals surface area (Å²) in [6.45, 7) is 3.96. The number of benzene rings is 2. The van der Waals surface area contributed by atoms with Crippen molar-refractivity contribution in [2.75, 3.05) is 18.5 Å². The van der Waals surface area contributed by atoms with Gasteiger partial charge in [0.1, 0.15) is 13.2 Å². The first-order valence-electron chi connectivity index (χ1n) is 8.14. The fraction of sp³-hybridized carbons (Fsp3) is 0.316. The van der Waals surface area contributed by atoms with E-state index in [2.05, 4.69) is 5.32 Å². The predicted octanol–water partition coefficient (Wildman–Crippen LogP) is 4.53. The van der Waals surface area contributed by atoms with Gasteiger partial charge < -0.3 is 14.8 Å². The summed E-state index contributed by atoms with van der Waals surface area (Å²) in [5.41, 5.74) is 0.143. The standard InChI is InChI=1S/C19H18F3NO3/c1-11-3-5-14(10-15(11)19(20,21)22)23-18(24)12(2)13-4-6-16-17(9-13)26-8-7-25-16/h3-6,9-10,12H,7-8H2,1-2H3,(H,23,24). The van der Waals surface area contributed by atoms with Gasteiger partial charge in [0.2, 0.25) is 5.91 Å². The zero-order valence-electron chi connectivity index (χ0n) is 14.3. The Kier molecular flexibility index (Phi) is 4.80. The number of hydrogen-bond donors (Lipinski definition) is 1. The maximum atomic E-state index is 13.0. The zero-order chi connectivity index (χ0) is 18.9. The number of halogens is 3. The van der Waals surface area contributed by atoms with Crippen molar-refractivity contribution >= 4 is 11.6 Å². The van der Waals surface area contributed by atoms with E-state index in [-0.39, 0.29) is 11.3 Å². The van der Waals surface area contributed by atoms with Crippen molar-refractivity contribution in [2.24, 2.45) is 0 Å². The Morgan fingerprint density at radius 2 is 1.77 bits per heavy atom. The molecule has 0 spiro atoms. The predicted molar refractivity (Wildman–Crippen MR) is 90.7 cm³/mol. The number of fused-ring (bicyclic) bond motifs is 1. The number of nitrogens with one attached hydrogen (secondary N) is 1. The van der Waals surface area contributed by atoms with Gasteiger partial charge in [0, 0.05) is 5.69 Å². The molecule has 0 radical (unpaired) electrons. The Balaban J connectivity index is 1.78. The highest BCUT2D eigenvalue weighted by Crippen LogP contribution is 2.35. The molecule has 1 aliphatic rings. The molecule has 0 saturated carbocycles. The molecule has 26 heavy (non-hydrogen) atoms. The van der Waals surface area contributed by atoms with E-state index in [1.165, 1.54) is 19.1 Å². The summed E-state index contributed by atoms with van der Waals surface area (Å²) >= 11 is 0. The summed E-state index contributed by atoms with van der Waals surface area (Å²) in [5, 5.41) is 2.55. The molecule has 1 atom stereocenters. The highest BCUT2D eigenvalue weighted by molar-refractivity contribution is 5.95. The molecular weight excluding hydrogens is 347 g/mol. The number of carbonyl (C=O) groups excluding carboxylic acids is 1. The first kappa shape index (κ1) is 18.1. The third-order valence-electron chi connectivity index (χ3n) is 4.27. The lowest BCUT2D eigenvalue weighted by Gasteiger charge is -2.20. The molecule has 3 rings (SSSR count). The normalized spacial score (nSPS) is 14.7. The van der Waals surface area contributed by atoms with Crippen molar-refractivity contribution in [1.82, 2.24) is 0 Å². The van der Waals surface area contributed by atoms with E-state index in [4.69, 9.17) is 9.47 Å². The molecule has 2 aromatic rings. The molecule has 0 aromatic heterocycles. The third-order valence-corrected chi connectivity index (χ3v) is 4.27. The number of ether oxygens (including phenoxy) is 2. The number of carbonyl (C=O) groups is 1.